The molecule has 0 radical (unpaired) electrons. The second-order valence-electron chi connectivity index (χ2n) is 7.59. The van der Waals surface area contributed by atoms with Gasteiger partial charge in [0.2, 0.25) is 0 Å². The van der Waals surface area contributed by atoms with Gasteiger partial charge < -0.3 is 9.05 Å². The molecule has 1 atom stereocenters. The molecule has 0 saturated carbocycles. The molecule has 30 heavy (non-hydrogen) atoms. The van der Waals surface area contributed by atoms with E-state index in [9.17, 15) is 13.3 Å². The summed E-state index contributed by atoms with van der Waals surface area (Å²) in [4.78, 5) is 0.797. The summed E-state index contributed by atoms with van der Waals surface area (Å²) in [7, 11) is -3.67. The van der Waals surface area contributed by atoms with Crippen molar-refractivity contribution in [1.29, 1.82) is 0 Å². The van der Waals surface area contributed by atoms with Crippen LogP contribution in [0.25, 0.3) is 10.1 Å². The van der Waals surface area contributed by atoms with Gasteiger partial charge in [-0.3, -0.25) is 4.57 Å². The quantitative estimate of drug-likeness (QED) is 0.282. The third kappa shape index (κ3) is 5.20. The van der Waals surface area contributed by atoms with Crippen molar-refractivity contribution in [3.63, 3.8) is 0 Å². The lowest BCUT2D eigenvalue weighted by atomic mass is 10.1. The third-order valence-electron chi connectivity index (χ3n) is 4.37. The van der Waals surface area contributed by atoms with Crippen molar-refractivity contribution < 1.29 is 22.4 Å². The number of benzene rings is 2. The summed E-state index contributed by atoms with van der Waals surface area (Å²) < 4.78 is 55.1. The second-order valence-corrected chi connectivity index (χ2v) is 11.6. The first-order chi connectivity index (χ1) is 14.1. The Balaban J connectivity index is 2.16. The van der Waals surface area contributed by atoms with Crippen molar-refractivity contribution in [3.05, 3.63) is 69.0 Å². The minimum Gasteiger partial charge on any atom is -0.305 e. The van der Waals surface area contributed by atoms with E-state index < -0.39 is 24.9 Å². The van der Waals surface area contributed by atoms with Gasteiger partial charge in [0, 0.05) is 19.4 Å². The van der Waals surface area contributed by atoms with Crippen LogP contribution in [0.2, 0.25) is 0 Å². The molecule has 0 N–H and O–H groups in total. The summed E-state index contributed by atoms with van der Waals surface area (Å²) in [6.45, 7) is 7.19. The van der Waals surface area contributed by atoms with E-state index in [1.165, 1.54) is 17.4 Å². The van der Waals surface area contributed by atoms with Gasteiger partial charge in [-0.2, -0.15) is 0 Å². The smallest absolute Gasteiger partial charge is 0.305 e. The van der Waals surface area contributed by atoms with Gasteiger partial charge in [0.25, 0.3) is 0 Å². The zero-order valence-electron chi connectivity index (χ0n) is 17.2. The summed E-state index contributed by atoms with van der Waals surface area (Å²) in [5.74, 6) is -1.86. The molecule has 1 heterocycles. The number of halogens is 3. The molecule has 2 aromatic carbocycles. The molecule has 0 saturated heterocycles. The van der Waals surface area contributed by atoms with Crippen LogP contribution in [0.15, 0.2) is 46.9 Å². The molecule has 3 nitrogen and oxygen atoms in total. The van der Waals surface area contributed by atoms with Crippen LogP contribution in [0.4, 0.5) is 8.78 Å². The van der Waals surface area contributed by atoms with Crippen LogP contribution in [-0.4, -0.2) is 12.2 Å². The average molecular weight is 517 g/mol. The molecular formula is C22H24BrF2O3PS. The lowest BCUT2D eigenvalue weighted by molar-refractivity contribution is 0.136. The monoisotopic (exact) mass is 516 g/mol. The third-order valence-corrected chi connectivity index (χ3v) is 9.58. The van der Waals surface area contributed by atoms with Gasteiger partial charge in [-0.1, -0.05) is 24.3 Å². The lowest BCUT2D eigenvalue weighted by Gasteiger charge is -2.30. The minimum absolute atomic E-state index is 0.180. The van der Waals surface area contributed by atoms with Gasteiger partial charge >= 0.3 is 7.60 Å². The predicted molar refractivity (Wildman–Crippen MR) is 122 cm³/mol. The molecule has 1 aromatic heterocycles. The highest BCUT2D eigenvalue weighted by Crippen LogP contribution is 2.66. The fraction of sp³-hybridized carbons (Fsp3) is 0.364. The highest BCUT2D eigenvalue weighted by molar-refractivity contribution is 9.10. The molecule has 0 amide bonds. The summed E-state index contributed by atoms with van der Waals surface area (Å²) in [5.41, 5.74) is -0.165. The van der Waals surface area contributed by atoms with E-state index in [1.54, 1.807) is 27.7 Å². The molecule has 8 heteroatoms. The van der Waals surface area contributed by atoms with E-state index in [-0.39, 0.29) is 18.6 Å². The SMILES string of the molecule is CC(C)OP(=O)(OC(C)C)C(Cc1ccc(F)c(F)c1)c1sc2ccccc2c1Br. The molecule has 0 aliphatic heterocycles. The van der Waals surface area contributed by atoms with Crippen LogP contribution >= 0.6 is 34.9 Å². The molecule has 162 valence electrons. The first-order valence-electron chi connectivity index (χ1n) is 9.68. The fourth-order valence-electron chi connectivity index (χ4n) is 3.24. The second kappa shape index (κ2) is 9.58. The number of hydrogen-bond donors (Lipinski definition) is 0. The Bertz CT molecular complexity index is 1070. The average Bonchev–Trinajstić information content (AvgIpc) is 2.98. The van der Waals surface area contributed by atoms with E-state index in [4.69, 9.17) is 9.05 Å². The van der Waals surface area contributed by atoms with Gasteiger partial charge in [-0.05, 0) is 73.8 Å². The summed E-state index contributed by atoms with van der Waals surface area (Å²) >= 11 is 5.15. The molecule has 3 aromatic rings. The maximum atomic E-state index is 14.1. The highest BCUT2D eigenvalue weighted by Gasteiger charge is 2.41. The first-order valence-corrected chi connectivity index (χ1v) is 12.9. The Morgan fingerprint density at radius 2 is 1.63 bits per heavy atom. The van der Waals surface area contributed by atoms with Crippen molar-refractivity contribution in [1.82, 2.24) is 0 Å². The Morgan fingerprint density at radius 1 is 1.00 bits per heavy atom. The highest BCUT2D eigenvalue weighted by atomic mass is 79.9. The molecule has 0 aliphatic rings. The van der Waals surface area contributed by atoms with Crippen LogP contribution < -0.4 is 0 Å². The van der Waals surface area contributed by atoms with Gasteiger partial charge in [-0.15, -0.1) is 11.3 Å². The van der Waals surface area contributed by atoms with Gasteiger partial charge in [-0.25, -0.2) is 8.78 Å². The molecule has 0 fully saturated rings. The molecular weight excluding hydrogens is 493 g/mol. The molecule has 3 rings (SSSR count). The number of thiophene rings is 1. The van der Waals surface area contributed by atoms with Gasteiger partial charge in [0.05, 0.1) is 12.2 Å². The van der Waals surface area contributed by atoms with E-state index in [1.807, 2.05) is 24.3 Å². The van der Waals surface area contributed by atoms with E-state index in [0.717, 1.165) is 31.6 Å². The standard InChI is InChI=1S/C22H24BrF2O3PS/c1-13(2)27-29(26,28-14(3)4)19(12-15-9-10-17(24)18(25)11-15)22-21(23)16-7-5-6-8-20(16)30-22/h5-11,13-14,19H,12H2,1-4H3. The first kappa shape index (κ1) is 23.6. The predicted octanol–water partition coefficient (Wildman–Crippen LogP) is 8.27. The summed E-state index contributed by atoms with van der Waals surface area (Å²) in [5, 5.41) is 0.994. The number of fused-ring (bicyclic) bond motifs is 1. The topological polar surface area (TPSA) is 35.5 Å². The van der Waals surface area contributed by atoms with E-state index in [2.05, 4.69) is 15.9 Å². The van der Waals surface area contributed by atoms with Crippen LogP contribution in [0, 0.1) is 11.6 Å². The normalized spacial score (nSPS) is 13.5. The van der Waals surface area contributed by atoms with Crippen molar-refractivity contribution in [2.75, 3.05) is 0 Å². The maximum absolute atomic E-state index is 14.1. The zero-order chi connectivity index (χ0) is 22.1. The van der Waals surface area contributed by atoms with Crippen LogP contribution in [0.3, 0.4) is 0 Å². The number of hydrogen-bond acceptors (Lipinski definition) is 4. The van der Waals surface area contributed by atoms with Crippen LogP contribution in [-0.2, 0) is 20.0 Å². The Labute approximate surface area is 188 Å². The van der Waals surface area contributed by atoms with Crippen molar-refractivity contribution in [2.24, 2.45) is 0 Å². The maximum Gasteiger partial charge on any atom is 0.339 e. The Kier molecular flexibility index (Phi) is 7.52. The Morgan fingerprint density at radius 3 is 2.20 bits per heavy atom. The summed E-state index contributed by atoms with van der Waals surface area (Å²) in [6, 6.07) is 11.6. The summed E-state index contributed by atoms with van der Waals surface area (Å²) in [6.07, 6.45) is -0.496. The van der Waals surface area contributed by atoms with Crippen molar-refractivity contribution >= 4 is 44.9 Å². The van der Waals surface area contributed by atoms with E-state index in [0.29, 0.717) is 5.56 Å². The van der Waals surface area contributed by atoms with E-state index >= 15 is 0 Å². The minimum atomic E-state index is -3.67. The fourth-order valence-corrected chi connectivity index (χ4v) is 8.42. The molecule has 0 aliphatic carbocycles. The van der Waals surface area contributed by atoms with Gasteiger partial charge in [0.1, 0.15) is 5.66 Å². The van der Waals surface area contributed by atoms with Gasteiger partial charge in [0.15, 0.2) is 11.6 Å². The Hall–Kier alpha value is -1.11. The molecule has 1 unspecified atom stereocenters. The molecule has 0 spiro atoms. The van der Waals surface area contributed by atoms with Crippen molar-refractivity contribution in [3.8, 4) is 0 Å². The van der Waals surface area contributed by atoms with Crippen molar-refractivity contribution in [2.45, 2.75) is 52.0 Å². The lowest BCUT2D eigenvalue weighted by Crippen LogP contribution is -2.15. The number of rotatable bonds is 8. The van der Waals surface area contributed by atoms with Crippen LogP contribution in [0.1, 0.15) is 43.8 Å². The zero-order valence-corrected chi connectivity index (χ0v) is 20.5. The largest absolute Gasteiger partial charge is 0.339 e. The van der Waals surface area contributed by atoms with Crippen LogP contribution in [0.5, 0.6) is 0 Å². The molecule has 0 bridgehead atoms.